The van der Waals surface area contributed by atoms with E-state index in [2.05, 4.69) is 15.9 Å². The Morgan fingerprint density at radius 2 is 2.10 bits per heavy atom. The lowest BCUT2D eigenvalue weighted by molar-refractivity contribution is -0.139. The molecule has 6 heteroatoms. The van der Waals surface area contributed by atoms with E-state index in [1.165, 1.54) is 0 Å². The largest absolute Gasteiger partial charge is 0.340 e. The number of benzene rings is 1. The van der Waals surface area contributed by atoms with Gasteiger partial charge in [-0.2, -0.15) is 0 Å². The van der Waals surface area contributed by atoms with Gasteiger partial charge in [-0.15, -0.1) is 0 Å². The number of halogens is 1. The van der Waals surface area contributed by atoms with Gasteiger partial charge in [0.2, 0.25) is 11.8 Å². The van der Waals surface area contributed by atoms with Crippen LogP contribution in [0.15, 0.2) is 28.7 Å². The molecule has 5 nitrogen and oxygen atoms in total. The first kappa shape index (κ1) is 14.5. The Balaban J connectivity index is 1.73. The highest BCUT2D eigenvalue weighted by atomic mass is 79.9. The molecule has 3 rings (SSSR count). The summed E-state index contributed by atoms with van der Waals surface area (Å²) in [6.45, 7) is 1.83. The molecule has 0 saturated carbocycles. The number of rotatable bonds is 2. The van der Waals surface area contributed by atoms with Crippen LogP contribution >= 0.6 is 15.9 Å². The third-order valence-corrected chi connectivity index (χ3v) is 4.65. The fraction of sp³-hybridized carbons (Fsp3) is 0.467. The molecule has 2 N–H and O–H groups in total. The minimum Gasteiger partial charge on any atom is -0.340 e. The Morgan fingerprint density at radius 3 is 2.76 bits per heavy atom. The molecule has 1 aromatic rings. The molecule has 1 aromatic carbocycles. The quantitative estimate of drug-likeness (QED) is 0.818. The molecule has 2 fully saturated rings. The van der Waals surface area contributed by atoms with Crippen LogP contribution in [0.2, 0.25) is 0 Å². The number of nitrogens with zero attached hydrogens (tertiary/aromatic N) is 2. The average Bonchev–Trinajstić information content (AvgIpc) is 3.04. The Hall–Kier alpha value is -1.40. The summed E-state index contributed by atoms with van der Waals surface area (Å²) in [6.07, 6.45) is 1.40. The number of carbonyl (C=O) groups excluding carboxylic acids is 2. The summed E-state index contributed by atoms with van der Waals surface area (Å²) in [5, 5.41) is 0. The molecule has 2 saturated heterocycles. The zero-order valence-corrected chi connectivity index (χ0v) is 13.3. The van der Waals surface area contributed by atoms with Crippen LogP contribution in [0.1, 0.15) is 12.8 Å². The molecule has 2 amide bonds. The van der Waals surface area contributed by atoms with E-state index in [0.717, 1.165) is 16.6 Å². The SMILES string of the molecule is N[C@H]1CCN(C(=O)[C@@H]2CCN(c3cccc(Br)c3)C2=O)C1. The zero-order valence-electron chi connectivity index (χ0n) is 11.7. The molecular formula is C15H18BrN3O2. The van der Waals surface area contributed by atoms with E-state index in [-0.39, 0.29) is 17.9 Å². The number of likely N-dealkylation sites (tertiary alicyclic amines) is 1. The topological polar surface area (TPSA) is 66.6 Å². The maximum atomic E-state index is 12.5. The minimum absolute atomic E-state index is 0.0478. The lowest BCUT2D eigenvalue weighted by atomic mass is 10.1. The first-order valence-electron chi connectivity index (χ1n) is 7.17. The van der Waals surface area contributed by atoms with Crippen molar-refractivity contribution in [1.29, 1.82) is 0 Å². The highest BCUT2D eigenvalue weighted by Gasteiger charge is 2.40. The first-order valence-corrected chi connectivity index (χ1v) is 7.97. The van der Waals surface area contributed by atoms with Crippen LogP contribution in [-0.4, -0.2) is 42.4 Å². The van der Waals surface area contributed by atoms with E-state index < -0.39 is 5.92 Å². The fourth-order valence-electron chi connectivity index (χ4n) is 3.02. The van der Waals surface area contributed by atoms with Gasteiger partial charge in [-0.25, -0.2) is 0 Å². The summed E-state index contributed by atoms with van der Waals surface area (Å²) in [6, 6.07) is 7.64. The van der Waals surface area contributed by atoms with Gasteiger partial charge in [-0.05, 0) is 31.0 Å². The van der Waals surface area contributed by atoms with Crippen LogP contribution in [0.25, 0.3) is 0 Å². The lowest BCUT2D eigenvalue weighted by Crippen LogP contribution is -2.40. The summed E-state index contributed by atoms with van der Waals surface area (Å²) >= 11 is 3.41. The Kier molecular flexibility index (Phi) is 3.99. The summed E-state index contributed by atoms with van der Waals surface area (Å²) in [5.74, 6) is -0.710. The highest BCUT2D eigenvalue weighted by Crippen LogP contribution is 2.29. The molecule has 2 aliphatic rings. The number of hydrogen-bond donors (Lipinski definition) is 1. The van der Waals surface area contributed by atoms with Gasteiger partial charge in [0.25, 0.3) is 0 Å². The third-order valence-electron chi connectivity index (χ3n) is 4.16. The van der Waals surface area contributed by atoms with Crippen molar-refractivity contribution in [2.24, 2.45) is 11.7 Å². The van der Waals surface area contributed by atoms with Crippen LogP contribution in [-0.2, 0) is 9.59 Å². The van der Waals surface area contributed by atoms with Crippen molar-refractivity contribution >= 4 is 33.4 Å². The van der Waals surface area contributed by atoms with Crippen molar-refractivity contribution < 1.29 is 9.59 Å². The van der Waals surface area contributed by atoms with Crippen LogP contribution in [0.5, 0.6) is 0 Å². The fourth-order valence-corrected chi connectivity index (χ4v) is 3.40. The normalized spacial score (nSPS) is 25.7. The Labute approximate surface area is 132 Å². The van der Waals surface area contributed by atoms with Crippen LogP contribution < -0.4 is 10.6 Å². The van der Waals surface area contributed by atoms with Crippen LogP contribution in [0.3, 0.4) is 0 Å². The van der Waals surface area contributed by atoms with Crippen LogP contribution in [0.4, 0.5) is 5.69 Å². The standard InChI is InChI=1S/C15H18BrN3O2/c16-10-2-1-3-12(8-10)19-7-5-13(15(19)21)14(20)18-6-4-11(17)9-18/h1-3,8,11,13H,4-7,9,17H2/t11-,13-/m0/s1. The van der Waals surface area contributed by atoms with E-state index in [0.29, 0.717) is 26.1 Å². The van der Waals surface area contributed by atoms with Gasteiger partial charge in [0.1, 0.15) is 5.92 Å². The highest BCUT2D eigenvalue weighted by molar-refractivity contribution is 9.10. The molecule has 112 valence electrons. The Morgan fingerprint density at radius 1 is 1.29 bits per heavy atom. The molecule has 2 atom stereocenters. The molecular weight excluding hydrogens is 334 g/mol. The van der Waals surface area contributed by atoms with Gasteiger partial charge in [0, 0.05) is 35.8 Å². The van der Waals surface area contributed by atoms with Gasteiger partial charge < -0.3 is 15.5 Å². The molecule has 2 aliphatic heterocycles. The van der Waals surface area contributed by atoms with E-state index in [9.17, 15) is 9.59 Å². The van der Waals surface area contributed by atoms with Crippen molar-refractivity contribution in [2.75, 3.05) is 24.5 Å². The summed E-state index contributed by atoms with van der Waals surface area (Å²) < 4.78 is 0.924. The molecule has 0 aromatic heterocycles. The predicted octanol–water partition coefficient (Wildman–Crippen LogP) is 1.36. The first-order chi connectivity index (χ1) is 10.1. The zero-order chi connectivity index (χ0) is 15.0. The van der Waals surface area contributed by atoms with Crippen molar-refractivity contribution in [2.45, 2.75) is 18.9 Å². The predicted molar refractivity (Wildman–Crippen MR) is 83.8 cm³/mol. The molecule has 0 spiro atoms. The van der Waals surface area contributed by atoms with Gasteiger partial charge >= 0.3 is 0 Å². The second-order valence-corrected chi connectivity index (χ2v) is 6.56. The molecule has 2 heterocycles. The van der Waals surface area contributed by atoms with Crippen LogP contribution in [0, 0.1) is 5.92 Å². The van der Waals surface area contributed by atoms with Crippen molar-refractivity contribution in [3.63, 3.8) is 0 Å². The number of amides is 2. The molecule has 0 unspecified atom stereocenters. The van der Waals surface area contributed by atoms with E-state index in [1.54, 1.807) is 9.80 Å². The summed E-state index contributed by atoms with van der Waals surface area (Å²) in [5.41, 5.74) is 6.67. The lowest BCUT2D eigenvalue weighted by Gasteiger charge is -2.20. The van der Waals surface area contributed by atoms with E-state index in [1.807, 2.05) is 24.3 Å². The maximum Gasteiger partial charge on any atom is 0.239 e. The molecule has 0 aliphatic carbocycles. The number of nitrogens with two attached hydrogens (primary N) is 1. The van der Waals surface area contributed by atoms with Gasteiger partial charge in [0.15, 0.2) is 0 Å². The van der Waals surface area contributed by atoms with E-state index >= 15 is 0 Å². The minimum atomic E-state index is -0.547. The van der Waals surface area contributed by atoms with Gasteiger partial charge in [0.05, 0.1) is 0 Å². The number of hydrogen-bond acceptors (Lipinski definition) is 3. The number of carbonyl (C=O) groups is 2. The van der Waals surface area contributed by atoms with Gasteiger partial charge in [-0.3, -0.25) is 9.59 Å². The summed E-state index contributed by atoms with van der Waals surface area (Å²) in [4.78, 5) is 28.4. The number of anilines is 1. The monoisotopic (exact) mass is 351 g/mol. The Bertz CT molecular complexity index is 578. The van der Waals surface area contributed by atoms with Crippen molar-refractivity contribution in [1.82, 2.24) is 4.90 Å². The third kappa shape index (κ3) is 2.82. The van der Waals surface area contributed by atoms with Crippen molar-refractivity contribution in [3.05, 3.63) is 28.7 Å². The second-order valence-electron chi connectivity index (χ2n) is 5.64. The van der Waals surface area contributed by atoms with Crippen molar-refractivity contribution in [3.8, 4) is 0 Å². The smallest absolute Gasteiger partial charge is 0.239 e. The average molecular weight is 352 g/mol. The second kappa shape index (κ2) is 5.77. The molecule has 0 radical (unpaired) electrons. The maximum absolute atomic E-state index is 12.5. The van der Waals surface area contributed by atoms with Gasteiger partial charge in [-0.1, -0.05) is 22.0 Å². The molecule has 21 heavy (non-hydrogen) atoms. The molecule has 0 bridgehead atoms. The summed E-state index contributed by atoms with van der Waals surface area (Å²) in [7, 11) is 0. The van der Waals surface area contributed by atoms with E-state index in [4.69, 9.17) is 5.73 Å².